The zero-order valence-electron chi connectivity index (χ0n) is 7.07. The maximum Gasteiger partial charge on any atom is 0.391 e. The van der Waals surface area contributed by atoms with Gasteiger partial charge in [-0.15, -0.1) is 0 Å². The van der Waals surface area contributed by atoms with Crippen molar-refractivity contribution >= 4 is 17.7 Å². The average molecular weight is 185 g/mol. The molecule has 0 amide bonds. The molecule has 1 aromatic rings. The second-order valence-corrected chi connectivity index (χ2v) is 3.61. The molecule has 0 aromatic carbocycles. The molecule has 66 valence electrons. The first-order chi connectivity index (χ1) is 5.65. The molecule has 0 saturated heterocycles. The van der Waals surface area contributed by atoms with Gasteiger partial charge in [0.05, 0.1) is 5.69 Å². The van der Waals surface area contributed by atoms with Crippen molar-refractivity contribution in [3.63, 3.8) is 0 Å². The highest BCUT2D eigenvalue weighted by Crippen LogP contribution is 2.14. The van der Waals surface area contributed by atoms with Gasteiger partial charge in [-0.05, 0) is 12.7 Å². The lowest BCUT2D eigenvalue weighted by Crippen LogP contribution is -2.35. The highest BCUT2D eigenvalue weighted by atomic mass is 32.2. The number of aromatic nitrogens is 2. The molecule has 0 saturated carbocycles. The van der Waals surface area contributed by atoms with Crippen LogP contribution < -0.4 is 10.5 Å². The molecular weight excluding hydrogens is 174 g/mol. The van der Waals surface area contributed by atoms with Crippen LogP contribution in [0.2, 0.25) is 0 Å². The summed E-state index contributed by atoms with van der Waals surface area (Å²) in [5.74, 6) is 0.945. The van der Waals surface area contributed by atoms with E-state index in [1.165, 1.54) is 0 Å². The quantitative estimate of drug-likeness (QED) is 0.319. The van der Waals surface area contributed by atoms with Crippen molar-refractivity contribution in [1.29, 1.82) is 0 Å². The summed E-state index contributed by atoms with van der Waals surface area (Å²) in [6.45, 7) is 3.74. The zero-order valence-corrected chi connectivity index (χ0v) is 7.89. The summed E-state index contributed by atoms with van der Waals surface area (Å²) < 4.78 is 0.625. The third-order valence-corrected chi connectivity index (χ3v) is 2.17. The second kappa shape index (κ2) is 3.62. The number of aryl methyl sites for hydroxylation is 1. The van der Waals surface area contributed by atoms with E-state index in [2.05, 4.69) is 4.98 Å². The van der Waals surface area contributed by atoms with Crippen molar-refractivity contribution in [3.05, 3.63) is 17.0 Å². The molecule has 0 aliphatic rings. The molecule has 5 heteroatoms. The molecular formula is C7H11N3OS. The summed E-state index contributed by atoms with van der Waals surface area (Å²) in [5.41, 5.74) is 5.96. The van der Waals surface area contributed by atoms with Gasteiger partial charge in [0, 0.05) is 6.07 Å². The molecule has 0 spiro atoms. The Morgan fingerprint density at radius 3 is 2.92 bits per heavy atom. The van der Waals surface area contributed by atoms with Crippen LogP contribution in [-0.2, 0) is 0 Å². The minimum atomic E-state index is 0.0194. The lowest BCUT2D eigenvalue weighted by atomic mass is 10.4. The number of hydrogen-bond acceptors (Lipinski definition) is 4. The minimum Gasteiger partial charge on any atom is -0.740 e. The maximum atomic E-state index is 11.0. The van der Waals surface area contributed by atoms with Gasteiger partial charge in [0.2, 0.25) is 0 Å². The van der Waals surface area contributed by atoms with E-state index in [1.54, 1.807) is 24.8 Å². The summed E-state index contributed by atoms with van der Waals surface area (Å²) in [4.78, 5) is 3.91. The largest absolute Gasteiger partial charge is 0.740 e. The van der Waals surface area contributed by atoms with Crippen LogP contribution in [0.4, 0.5) is 5.95 Å². The monoisotopic (exact) mass is 185 g/mol. The van der Waals surface area contributed by atoms with Crippen LogP contribution in [-0.4, -0.2) is 10.7 Å². The van der Waals surface area contributed by atoms with E-state index in [-0.39, 0.29) is 5.95 Å². The van der Waals surface area contributed by atoms with Gasteiger partial charge < -0.3 is 5.21 Å². The Hall–Kier alpha value is -0.970. The number of hydrogen-bond donors (Lipinski definition) is 1. The summed E-state index contributed by atoms with van der Waals surface area (Å²) in [6, 6.07) is 1.73. The fourth-order valence-electron chi connectivity index (χ4n) is 0.830. The predicted octanol–water partition coefficient (Wildman–Crippen LogP) is 0.718. The van der Waals surface area contributed by atoms with Crippen LogP contribution >= 0.6 is 11.8 Å². The molecule has 2 N–H and O–H groups in total. The fourth-order valence-corrected chi connectivity index (χ4v) is 1.54. The van der Waals surface area contributed by atoms with Crippen molar-refractivity contribution < 1.29 is 4.73 Å². The van der Waals surface area contributed by atoms with E-state index >= 15 is 0 Å². The molecule has 0 unspecified atom stereocenters. The highest BCUT2D eigenvalue weighted by molar-refractivity contribution is 7.99. The molecule has 0 radical (unpaired) electrons. The van der Waals surface area contributed by atoms with Crippen molar-refractivity contribution in [2.24, 2.45) is 0 Å². The van der Waals surface area contributed by atoms with Gasteiger partial charge in [-0.25, -0.2) is 4.73 Å². The van der Waals surface area contributed by atoms with Gasteiger partial charge in [-0.3, -0.25) is 5.73 Å². The Kier molecular flexibility index (Phi) is 2.75. The number of nitrogens with two attached hydrogens (primary N) is 1. The average Bonchev–Trinajstić information content (AvgIpc) is 2.01. The normalized spacial score (nSPS) is 10.2. The Bertz CT molecular complexity index is 267. The number of rotatable bonds is 2. The topological polar surface area (TPSA) is 65.8 Å². The standard InChI is InChI=1S/C7H11N3OS/c1-3-12-6-4-5(2)10(11)7(8)9-6/h4H,3H2,1-2H3,(H2,8,9). The SMILES string of the molecule is CCSc1cc(C)[n+]([O-])c(N)n1. The summed E-state index contributed by atoms with van der Waals surface area (Å²) in [7, 11) is 0. The molecule has 1 aromatic heterocycles. The van der Waals surface area contributed by atoms with Gasteiger partial charge in [0.15, 0.2) is 5.03 Å². The first kappa shape index (κ1) is 9.12. The molecule has 0 atom stereocenters. The van der Waals surface area contributed by atoms with Crippen LogP contribution in [0.25, 0.3) is 0 Å². The van der Waals surface area contributed by atoms with Crippen molar-refractivity contribution in [1.82, 2.24) is 4.98 Å². The Labute approximate surface area is 75.4 Å². The van der Waals surface area contributed by atoms with Crippen LogP contribution in [0.15, 0.2) is 11.1 Å². The zero-order chi connectivity index (χ0) is 9.14. The van der Waals surface area contributed by atoms with E-state index in [4.69, 9.17) is 5.73 Å². The smallest absolute Gasteiger partial charge is 0.391 e. The lowest BCUT2D eigenvalue weighted by Gasteiger charge is -2.08. The van der Waals surface area contributed by atoms with E-state index < -0.39 is 0 Å². The van der Waals surface area contributed by atoms with Crippen molar-refractivity contribution in [2.45, 2.75) is 18.9 Å². The number of thioether (sulfide) groups is 1. The lowest BCUT2D eigenvalue weighted by molar-refractivity contribution is -0.600. The van der Waals surface area contributed by atoms with Crippen LogP contribution in [0.1, 0.15) is 12.6 Å². The van der Waals surface area contributed by atoms with Gasteiger partial charge in [0.25, 0.3) is 0 Å². The highest BCUT2D eigenvalue weighted by Gasteiger charge is 2.07. The Morgan fingerprint density at radius 2 is 2.42 bits per heavy atom. The number of nitrogens with zero attached hydrogens (tertiary/aromatic N) is 2. The van der Waals surface area contributed by atoms with Crippen molar-refractivity contribution in [2.75, 3.05) is 11.5 Å². The minimum absolute atomic E-state index is 0.0194. The van der Waals surface area contributed by atoms with E-state index in [1.807, 2.05) is 6.92 Å². The number of nitrogen functional groups attached to an aromatic ring is 1. The maximum absolute atomic E-state index is 11.0. The van der Waals surface area contributed by atoms with Crippen LogP contribution in [0.3, 0.4) is 0 Å². The summed E-state index contributed by atoms with van der Waals surface area (Å²) >= 11 is 1.57. The molecule has 1 rings (SSSR count). The molecule has 4 nitrogen and oxygen atoms in total. The van der Waals surface area contributed by atoms with Crippen molar-refractivity contribution in [3.8, 4) is 0 Å². The molecule has 12 heavy (non-hydrogen) atoms. The summed E-state index contributed by atoms with van der Waals surface area (Å²) in [6.07, 6.45) is 0. The summed E-state index contributed by atoms with van der Waals surface area (Å²) in [5, 5.41) is 11.9. The molecule has 0 bridgehead atoms. The van der Waals surface area contributed by atoms with E-state index in [0.717, 1.165) is 10.8 Å². The molecule has 0 aliphatic carbocycles. The Morgan fingerprint density at radius 1 is 1.75 bits per heavy atom. The third kappa shape index (κ3) is 1.79. The first-order valence-electron chi connectivity index (χ1n) is 3.64. The van der Waals surface area contributed by atoms with Gasteiger partial charge in [-0.1, -0.05) is 23.7 Å². The molecule has 0 fully saturated rings. The first-order valence-corrected chi connectivity index (χ1v) is 4.63. The molecule has 0 aliphatic heterocycles. The van der Waals surface area contributed by atoms with E-state index in [0.29, 0.717) is 10.4 Å². The third-order valence-electron chi connectivity index (χ3n) is 1.38. The predicted molar refractivity (Wildman–Crippen MR) is 48.7 cm³/mol. The van der Waals surface area contributed by atoms with E-state index in [9.17, 15) is 5.21 Å². The second-order valence-electron chi connectivity index (χ2n) is 2.32. The molecule has 1 heterocycles. The number of anilines is 1. The van der Waals surface area contributed by atoms with Crippen LogP contribution in [0.5, 0.6) is 0 Å². The fraction of sp³-hybridized carbons (Fsp3) is 0.429. The van der Waals surface area contributed by atoms with Gasteiger partial charge in [0.1, 0.15) is 0 Å². The van der Waals surface area contributed by atoms with Crippen LogP contribution in [0, 0.1) is 12.1 Å². The Balaban J connectivity index is 3.04. The van der Waals surface area contributed by atoms with Gasteiger partial charge in [-0.2, -0.15) is 0 Å². The van der Waals surface area contributed by atoms with Gasteiger partial charge >= 0.3 is 5.95 Å².